The summed E-state index contributed by atoms with van der Waals surface area (Å²) in [6, 6.07) is 4.99. The van der Waals surface area contributed by atoms with Gasteiger partial charge in [0.15, 0.2) is 23.9 Å². The van der Waals surface area contributed by atoms with Gasteiger partial charge in [0.05, 0.1) is 12.7 Å². The summed E-state index contributed by atoms with van der Waals surface area (Å²) in [6.45, 7) is 7.52. The average molecular weight is 293 g/mol. The molecule has 0 aliphatic heterocycles. The van der Waals surface area contributed by atoms with Crippen LogP contribution in [0.2, 0.25) is 0 Å². The number of para-hydroxylation sites is 1. The van der Waals surface area contributed by atoms with Crippen molar-refractivity contribution >= 4 is 12.2 Å². The topological polar surface area (TPSA) is 64.6 Å². The lowest BCUT2D eigenvalue weighted by molar-refractivity contribution is -0.129. The van der Waals surface area contributed by atoms with E-state index in [-0.39, 0.29) is 17.2 Å². The standard InChI is InChI=1S/C16H23NO4/c1-6-16(3,4)17-15(19)11(2)21-14-12(10-18)8-7-9-13(14)20-5/h7-11H,6H2,1-5H3,(H,17,19). The molecule has 5 nitrogen and oxygen atoms in total. The third kappa shape index (κ3) is 4.48. The minimum atomic E-state index is -0.731. The molecule has 1 N–H and O–H groups in total. The predicted octanol–water partition coefficient (Wildman–Crippen LogP) is 2.58. The van der Waals surface area contributed by atoms with Crippen LogP contribution in [0.3, 0.4) is 0 Å². The van der Waals surface area contributed by atoms with Gasteiger partial charge >= 0.3 is 0 Å². The van der Waals surface area contributed by atoms with Crippen molar-refractivity contribution in [2.45, 2.75) is 45.8 Å². The first-order valence-corrected chi connectivity index (χ1v) is 6.95. The van der Waals surface area contributed by atoms with Crippen molar-refractivity contribution < 1.29 is 19.1 Å². The van der Waals surface area contributed by atoms with Gasteiger partial charge in [-0.2, -0.15) is 0 Å². The molecule has 0 heterocycles. The SMILES string of the molecule is CCC(C)(C)NC(=O)C(C)Oc1c(C=O)cccc1OC. The molecule has 5 heteroatoms. The molecule has 0 spiro atoms. The highest BCUT2D eigenvalue weighted by Crippen LogP contribution is 2.31. The summed E-state index contributed by atoms with van der Waals surface area (Å²) in [7, 11) is 1.49. The van der Waals surface area contributed by atoms with Gasteiger partial charge in [-0.3, -0.25) is 9.59 Å². The second-order valence-electron chi connectivity index (χ2n) is 5.48. The van der Waals surface area contributed by atoms with E-state index in [0.29, 0.717) is 17.6 Å². The number of carbonyl (C=O) groups is 2. The zero-order chi connectivity index (χ0) is 16.0. The summed E-state index contributed by atoms with van der Waals surface area (Å²) in [5.74, 6) is 0.477. The zero-order valence-corrected chi connectivity index (χ0v) is 13.2. The van der Waals surface area contributed by atoms with Crippen molar-refractivity contribution in [3.05, 3.63) is 23.8 Å². The molecule has 0 aliphatic carbocycles. The summed E-state index contributed by atoms with van der Waals surface area (Å²) in [5.41, 5.74) is 0.0481. The van der Waals surface area contributed by atoms with Crippen molar-refractivity contribution in [1.82, 2.24) is 5.32 Å². The molecular weight excluding hydrogens is 270 g/mol. The van der Waals surface area contributed by atoms with Crippen molar-refractivity contribution in [3.63, 3.8) is 0 Å². The molecule has 0 saturated carbocycles. The quantitative estimate of drug-likeness (QED) is 0.785. The van der Waals surface area contributed by atoms with Crippen molar-refractivity contribution in [1.29, 1.82) is 0 Å². The van der Waals surface area contributed by atoms with E-state index < -0.39 is 6.10 Å². The summed E-state index contributed by atoms with van der Waals surface area (Å²) < 4.78 is 10.8. The second kappa shape index (κ2) is 7.11. The lowest BCUT2D eigenvalue weighted by Gasteiger charge is -2.27. The van der Waals surface area contributed by atoms with E-state index in [2.05, 4.69) is 5.32 Å². The number of carbonyl (C=O) groups excluding carboxylic acids is 2. The van der Waals surface area contributed by atoms with Gasteiger partial charge in [-0.25, -0.2) is 0 Å². The van der Waals surface area contributed by atoms with E-state index in [4.69, 9.17) is 9.47 Å². The van der Waals surface area contributed by atoms with E-state index in [1.165, 1.54) is 7.11 Å². The Hall–Kier alpha value is -2.04. The van der Waals surface area contributed by atoms with Gasteiger partial charge in [0.1, 0.15) is 0 Å². The Morgan fingerprint density at radius 1 is 1.43 bits per heavy atom. The molecule has 21 heavy (non-hydrogen) atoms. The van der Waals surface area contributed by atoms with Gasteiger partial charge in [-0.05, 0) is 39.3 Å². The molecule has 116 valence electrons. The van der Waals surface area contributed by atoms with Crippen LogP contribution in [0.5, 0.6) is 11.5 Å². The first kappa shape index (κ1) is 17.0. The van der Waals surface area contributed by atoms with Gasteiger partial charge in [-0.15, -0.1) is 0 Å². The summed E-state index contributed by atoms with van der Waals surface area (Å²) in [6.07, 6.45) is 0.754. The van der Waals surface area contributed by atoms with Crippen LogP contribution < -0.4 is 14.8 Å². The number of benzene rings is 1. The van der Waals surface area contributed by atoms with Crippen LogP contribution in [-0.4, -0.2) is 30.9 Å². The number of hydrogen-bond acceptors (Lipinski definition) is 4. The molecule has 1 atom stereocenters. The largest absolute Gasteiger partial charge is 0.493 e. The fourth-order valence-corrected chi connectivity index (χ4v) is 1.67. The number of nitrogens with one attached hydrogen (secondary N) is 1. The maximum absolute atomic E-state index is 12.2. The molecule has 1 unspecified atom stereocenters. The number of ether oxygens (including phenoxy) is 2. The zero-order valence-electron chi connectivity index (χ0n) is 13.2. The minimum absolute atomic E-state index is 0.232. The predicted molar refractivity (Wildman–Crippen MR) is 81.0 cm³/mol. The van der Waals surface area contributed by atoms with E-state index in [1.54, 1.807) is 25.1 Å². The Labute approximate surface area is 125 Å². The van der Waals surface area contributed by atoms with E-state index in [0.717, 1.165) is 6.42 Å². The molecule has 0 aromatic heterocycles. The average Bonchev–Trinajstić information content (AvgIpc) is 2.46. The fourth-order valence-electron chi connectivity index (χ4n) is 1.67. The van der Waals surface area contributed by atoms with E-state index in [9.17, 15) is 9.59 Å². The molecule has 0 aliphatic rings. The molecule has 0 bridgehead atoms. The van der Waals surface area contributed by atoms with Crippen LogP contribution in [0, 0.1) is 0 Å². The Balaban J connectivity index is 2.90. The van der Waals surface area contributed by atoms with Crippen molar-refractivity contribution in [2.24, 2.45) is 0 Å². The summed E-state index contributed by atoms with van der Waals surface area (Å²) >= 11 is 0. The number of amides is 1. The first-order valence-electron chi connectivity index (χ1n) is 6.95. The maximum Gasteiger partial charge on any atom is 0.261 e. The normalized spacial score (nSPS) is 12.4. The van der Waals surface area contributed by atoms with Crippen LogP contribution in [0.15, 0.2) is 18.2 Å². The van der Waals surface area contributed by atoms with Gasteiger partial charge in [0, 0.05) is 5.54 Å². The summed E-state index contributed by atoms with van der Waals surface area (Å²) in [4.78, 5) is 23.2. The Morgan fingerprint density at radius 2 is 2.10 bits per heavy atom. The van der Waals surface area contributed by atoms with Gasteiger partial charge in [-0.1, -0.05) is 13.0 Å². The van der Waals surface area contributed by atoms with Crippen molar-refractivity contribution in [3.8, 4) is 11.5 Å². The van der Waals surface area contributed by atoms with Gasteiger partial charge in [0.2, 0.25) is 0 Å². The van der Waals surface area contributed by atoms with Gasteiger partial charge < -0.3 is 14.8 Å². The highest BCUT2D eigenvalue weighted by molar-refractivity contribution is 5.84. The Morgan fingerprint density at radius 3 is 2.62 bits per heavy atom. The molecule has 1 aromatic carbocycles. The molecule has 1 amide bonds. The molecule has 1 rings (SSSR count). The van der Waals surface area contributed by atoms with Crippen LogP contribution >= 0.6 is 0 Å². The lowest BCUT2D eigenvalue weighted by atomic mass is 10.0. The van der Waals surface area contributed by atoms with Crippen molar-refractivity contribution in [2.75, 3.05) is 7.11 Å². The fraction of sp³-hybridized carbons (Fsp3) is 0.500. The molecule has 1 aromatic rings. The third-order valence-corrected chi connectivity index (χ3v) is 3.37. The van der Waals surface area contributed by atoms with E-state index >= 15 is 0 Å². The lowest BCUT2D eigenvalue weighted by Crippen LogP contribution is -2.48. The van der Waals surface area contributed by atoms with Crippen LogP contribution in [0.4, 0.5) is 0 Å². The first-order chi connectivity index (χ1) is 9.84. The van der Waals surface area contributed by atoms with Gasteiger partial charge in [0.25, 0.3) is 5.91 Å². The molecular formula is C16H23NO4. The highest BCUT2D eigenvalue weighted by Gasteiger charge is 2.24. The smallest absolute Gasteiger partial charge is 0.261 e. The Kier molecular flexibility index (Phi) is 5.76. The highest BCUT2D eigenvalue weighted by atomic mass is 16.5. The second-order valence-corrected chi connectivity index (χ2v) is 5.48. The van der Waals surface area contributed by atoms with E-state index in [1.807, 2.05) is 20.8 Å². The number of methoxy groups -OCH3 is 1. The number of hydrogen-bond donors (Lipinski definition) is 1. The van der Waals surface area contributed by atoms with Crippen LogP contribution in [0.25, 0.3) is 0 Å². The summed E-state index contributed by atoms with van der Waals surface area (Å²) in [5, 5.41) is 2.91. The Bertz CT molecular complexity index is 511. The number of aldehydes is 1. The van der Waals surface area contributed by atoms with Crippen LogP contribution in [0.1, 0.15) is 44.5 Å². The maximum atomic E-state index is 12.2. The molecule has 0 saturated heterocycles. The van der Waals surface area contributed by atoms with Crippen LogP contribution in [-0.2, 0) is 4.79 Å². The minimum Gasteiger partial charge on any atom is -0.493 e. The number of rotatable bonds is 7. The third-order valence-electron chi connectivity index (χ3n) is 3.37. The molecule has 0 fully saturated rings. The monoisotopic (exact) mass is 293 g/mol. The molecule has 0 radical (unpaired) electrons.